The standard InChI is InChI=1S/C25H29N5O3S/c1-17-9-8-10-18(13-17)30-22(14-21(28-30)25(2,3)4)27-24(31)15-29-20-12-7-6-11-19(20)26-23(29)16-34(5,32)33/h6-14H,15-16H2,1-5H3,(H,27,31). The Morgan fingerprint density at radius 3 is 2.47 bits per heavy atom. The maximum atomic E-state index is 13.2. The van der Waals surface area contributed by atoms with Gasteiger partial charge in [-0.05, 0) is 36.8 Å². The largest absolute Gasteiger partial charge is 0.318 e. The Kier molecular flexibility index (Phi) is 6.07. The molecule has 0 fully saturated rings. The van der Waals surface area contributed by atoms with E-state index in [1.54, 1.807) is 15.3 Å². The molecule has 0 atom stereocenters. The molecule has 0 aliphatic carbocycles. The first-order valence-corrected chi connectivity index (χ1v) is 13.1. The van der Waals surface area contributed by atoms with Crippen molar-refractivity contribution in [2.45, 2.75) is 45.4 Å². The molecular weight excluding hydrogens is 450 g/mol. The molecular formula is C25H29N5O3S. The predicted molar refractivity (Wildman–Crippen MR) is 134 cm³/mol. The number of para-hydroxylation sites is 2. The zero-order chi connectivity index (χ0) is 24.7. The van der Waals surface area contributed by atoms with Gasteiger partial charge in [-0.3, -0.25) is 4.79 Å². The summed E-state index contributed by atoms with van der Waals surface area (Å²) in [6.45, 7) is 8.13. The van der Waals surface area contributed by atoms with E-state index in [1.165, 1.54) is 0 Å². The van der Waals surface area contributed by atoms with Crippen LogP contribution < -0.4 is 5.32 Å². The van der Waals surface area contributed by atoms with Gasteiger partial charge in [0.1, 0.15) is 23.9 Å². The lowest BCUT2D eigenvalue weighted by Gasteiger charge is -2.14. The highest BCUT2D eigenvalue weighted by atomic mass is 32.2. The van der Waals surface area contributed by atoms with E-state index in [4.69, 9.17) is 5.10 Å². The highest BCUT2D eigenvalue weighted by Gasteiger charge is 2.23. The van der Waals surface area contributed by atoms with Crippen LogP contribution in [0.4, 0.5) is 5.82 Å². The summed E-state index contributed by atoms with van der Waals surface area (Å²) in [5.41, 5.74) is 3.91. The van der Waals surface area contributed by atoms with Crippen molar-refractivity contribution >= 4 is 32.6 Å². The van der Waals surface area contributed by atoms with Crippen LogP contribution in [0.15, 0.2) is 54.6 Å². The molecule has 0 saturated heterocycles. The number of aromatic nitrogens is 4. The van der Waals surface area contributed by atoms with Gasteiger partial charge < -0.3 is 9.88 Å². The van der Waals surface area contributed by atoms with Crippen molar-refractivity contribution in [1.82, 2.24) is 19.3 Å². The Balaban J connectivity index is 1.70. The number of anilines is 1. The molecule has 0 saturated carbocycles. The van der Waals surface area contributed by atoms with Gasteiger partial charge >= 0.3 is 0 Å². The maximum Gasteiger partial charge on any atom is 0.245 e. The van der Waals surface area contributed by atoms with Gasteiger partial charge in [0.25, 0.3) is 0 Å². The first-order valence-electron chi connectivity index (χ1n) is 11.0. The molecule has 4 rings (SSSR count). The van der Waals surface area contributed by atoms with E-state index in [-0.39, 0.29) is 23.6 Å². The lowest BCUT2D eigenvalue weighted by atomic mass is 9.92. The smallest absolute Gasteiger partial charge is 0.245 e. The summed E-state index contributed by atoms with van der Waals surface area (Å²) >= 11 is 0. The van der Waals surface area contributed by atoms with Crippen molar-refractivity contribution in [1.29, 1.82) is 0 Å². The minimum absolute atomic E-state index is 0.0742. The number of imidazole rings is 1. The molecule has 4 aromatic rings. The molecule has 1 N–H and O–H groups in total. The van der Waals surface area contributed by atoms with Crippen LogP contribution in [0.5, 0.6) is 0 Å². The summed E-state index contributed by atoms with van der Waals surface area (Å²) in [6.07, 6.45) is 1.16. The zero-order valence-corrected chi connectivity index (χ0v) is 20.8. The third-order valence-electron chi connectivity index (χ3n) is 5.42. The van der Waals surface area contributed by atoms with Crippen molar-refractivity contribution in [2.24, 2.45) is 0 Å². The van der Waals surface area contributed by atoms with E-state index in [2.05, 4.69) is 31.1 Å². The van der Waals surface area contributed by atoms with Crippen molar-refractivity contribution in [3.8, 4) is 5.69 Å². The Morgan fingerprint density at radius 1 is 1.06 bits per heavy atom. The van der Waals surface area contributed by atoms with Crippen LogP contribution in [-0.2, 0) is 32.3 Å². The van der Waals surface area contributed by atoms with Crippen LogP contribution in [-0.4, -0.2) is 39.9 Å². The third-order valence-corrected chi connectivity index (χ3v) is 6.20. The number of rotatable bonds is 6. The SMILES string of the molecule is Cc1cccc(-n2nc(C(C)(C)C)cc2NC(=O)Cn2c(CS(C)(=O)=O)nc3ccccc32)c1. The highest BCUT2D eigenvalue weighted by molar-refractivity contribution is 7.89. The van der Waals surface area contributed by atoms with Gasteiger partial charge in [-0.15, -0.1) is 0 Å². The van der Waals surface area contributed by atoms with Gasteiger partial charge in [-0.1, -0.05) is 45.0 Å². The summed E-state index contributed by atoms with van der Waals surface area (Å²) in [5, 5.41) is 7.74. The minimum atomic E-state index is -3.33. The number of carbonyl (C=O) groups is 1. The average Bonchev–Trinajstić information content (AvgIpc) is 3.29. The van der Waals surface area contributed by atoms with Crippen LogP contribution >= 0.6 is 0 Å². The second-order valence-corrected chi connectivity index (χ2v) is 11.8. The minimum Gasteiger partial charge on any atom is -0.318 e. The molecule has 0 radical (unpaired) electrons. The van der Waals surface area contributed by atoms with E-state index in [0.717, 1.165) is 23.2 Å². The molecule has 1 amide bonds. The summed E-state index contributed by atoms with van der Waals surface area (Å²) < 4.78 is 27.3. The Hall–Kier alpha value is -3.46. The molecule has 0 bridgehead atoms. The molecule has 0 unspecified atom stereocenters. The highest BCUT2D eigenvalue weighted by Crippen LogP contribution is 2.27. The second kappa shape index (κ2) is 8.72. The van der Waals surface area contributed by atoms with Gasteiger partial charge in [-0.2, -0.15) is 5.10 Å². The molecule has 34 heavy (non-hydrogen) atoms. The molecule has 0 spiro atoms. The lowest BCUT2D eigenvalue weighted by Crippen LogP contribution is -2.22. The topological polar surface area (TPSA) is 98.9 Å². The van der Waals surface area contributed by atoms with Gasteiger partial charge in [0.15, 0.2) is 9.84 Å². The first-order chi connectivity index (χ1) is 15.9. The number of nitrogens with zero attached hydrogens (tertiary/aromatic N) is 4. The summed E-state index contributed by atoms with van der Waals surface area (Å²) in [4.78, 5) is 17.7. The Bertz CT molecular complexity index is 1480. The number of fused-ring (bicyclic) bond motifs is 1. The number of nitrogens with one attached hydrogen (secondary N) is 1. The van der Waals surface area contributed by atoms with Crippen molar-refractivity contribution in [3.63, 3.8) is 0 Å². The van der Waals surface area contributed by atoms with E-state index < -0.39 is 9.84 Å². The fourth-order valence-corrected chi connectivity index (χ4v) is 4.46. The zero-order valence-electron chi connectivity index (χ0n) is 20.0. The van der Waals surface area contributed by atoms with Crippen LogP contribution in [0.2, 0.25) is 0 Å². The van der Waals surface area contributed by atoms with E-state index >= 15 is 0 Å². The third kappa shape index (κ3) is 5.20. The van der Waals surface area contributed by atoms with Gasteiger partial charge in [-0.25, -0.2) is 18.1 Å². The van der Waals surface area contributed by atoms with Crippen molar-refractivity contribution in [2.75, 3.05) is 11.6 Å². The summed E-state index contributed by atoms with van der Waals surface area (Å²) in [6, 6.07) is 17.1. The molecule has 2 heterocycles. The first kappa shape index (κ1) is 23.7. The van der Waals surface area contributed by atoms with Crippen molar-refractivity contribution < 1.29 is 13.2 Å². The second-order valence-electron chi connectivity index (χ2n) is 9.64. The molecule has 2 aromatic heterocycles. The Labute approximate surface area is 199 Å². The van der Waals surface area contributed by atoms with E-state index in [1.807, 2.05) is 55.5 Å². The van der Waals surface area contributed by atoms with Crippen molar-refractivity contribution in [3.05, 3.63) is 71.7 Å². The van der Waals surface area contributed by atoms with Crippen LogP contribution in [0, 0.1) is 6.92 Å². The summed E-state index contributed by atoms with van der Waals surface area (Å²) in [5.74, 6) is 0.341. The summed E-state index contributed by atoms with van der Waals surface area (Å²) in [7, 11) is -3.33. The fourth-order valence-electron chi connectivity index (χ4n) is 3.77. The van der Waals surface area contributed by atoms with Crippen LogP contribution in [0.1, 0.15) is 37.9 Å². The van der Waals surface area contributed by atoms with E-state index in [9.17, 15) is 13.2 Å². The van der Waals surface area contributed by atoms with Gasteiger partial charge in [0, 0.05) is 17.7 Å². The number of sulfone groups is 1. The maximum absolute atomic E-state index is 13.2. The molecule has 0 aliphatic heterocycles. The monoisotopic (exact) mass is 479 g/mol. The number of benzene rings is 2. The number of hydrogen-bond donors (Lipinski definition) is 1. The van der Waals surface area contributed by atoms with Crippen LogP contribution in [0.25, 0.3) is 16.7 Å². The quantitative estimate of drug-likeness (QED) is 0.450. The number of carbonyl (C=O) groups excluding carboxylic acids is 1. The molecule has 9 heteroatoms. The average molecular weight is 480 g/mol. The van der Waals surface area contributed by atoms with Crippen LogP contribution in [0.3, 0.4) is 0 Å². The normalized spacial score (nSPS) is 12.3. The number of amides is 1. The van der Waals surface area contributed by atoms with Gasteiger partial charge in [0.2, 0.25) is 5.91 Å². The fraction of sp³-hybridized carbons (Fsp3) is 0.320. The number of aryl methyl sites for hydroxylation is 1. The lowest BCUT2D eigenvalue weighted by molar-refractivity contribution is -0.116. The Morgan fingerprint density at radius 2 is 1.79 bits per heavy atom. The molecule has 8 nitrogen and oxygen atoms in total. The van der Waals surface area contributed by atoms with E-state index in [0.29, 0.717) is 22.7 Å². The molecule has 0 aliphatic rings. The van der Waals surface area contributed by atoms with Gasteiger partial charge in [0.05, 0.1) is 22.4 Å². The molecule has 178 valence electrons. The molecule has 2 aromatic carbocycles. The predicted octanol–water partition coefficient (Wildman–Crippen LogP) is 4.01. The number of hydrogen-bond acceptors (Lipinski definition) is 5.